The van der Waals surface area contributed by atoms with Gasteiger partial charge in [-0.15, -0.1) is 11.3 Å². The number of carbonyl (C=O) groups excluding carboxylic acids is 2. The minimum absolute atomic E-state index is 0.177. The molecule has 0 radical (unpaired) electrons. The molecule has 1 aliphatic rings. The van der Waals surface area contributed by atoms with Crippen LogP contribution in [0.4, 0.5) is 10.1 Å². The van der Waals surface area contributed by atoms with Crippen LogP contribution in [0.25, 0.3) is 20.9 Å². The van der Waals surface area contributed by atoms with E-state index in [-0.39, 0.29) is 17.4 Å². The van der Waals surface area contributed by atoms with Gasteiger partial charge in [0.25, 0.3) is 5.91 Å². The number of amides is 1. The third-order valence-electron chi connectivity index (χ3n) is 5.66. The van der Waals surface area contributed by atoms with Crippen molar-refractivity contribution in [3.8, 4) is 10.7 Å². The average Bonchev–Trinajstić information content (AvgIpc) is 3.28. The van der Waals surface area contributed by atoms with Gasteiger partial charge in [0.15, 0.2) is 11.5 Å². The number of nitrogens with zero attached hydrogens (tertiary/aromatic N) is 5. The predicted octanol–water partition coefficient (Wildman–Crippen LogP) is 4.06. The molecule has 9 heteroatoms. The first-order valence-electron chi connectivity index (χ1n) is 10.5. The smallest absolute Gasteiger partial charge is 0.274 e. The highest BCUT2D eigenvalue weighted by Crippen LogP contribution is 2.31. The summed E-state index contributed by atoms with van der Waals surface area (Å²) in [5, 5.41) is 0.652. The van der Waals surface area contributed by atoms with Crippen LogP contribution in [-0.2, 0) is 0 Å². The van der Waals surface area contributed by atoms with E-state index in [1.807, 2.05) is 29.2 Å². The average molecular weight is 462 g/mol. The normalized spacial score (nSPS) is 14.0. The summed E-state index contributed by atoms with van der Waals surface area (Å²) in [6.07, 6.45) is 3.07. The maximum absolute atomic E-state index is 14.5. The van der Waals surface area contributed by atoms with E-state index < -0.39 is 5.82 Å². The van der Waals surface area contributed by atoms with Gasteiger partial charge in [0, 0.05) is 44.1 Å². The van der Waals surface area contributed by atoms with Crippen LogP contribution >= 0.6 is 11.3 Å². The van der Waals surface area contributed by atoms with Crippen molar-refractivity contribution in [2.24, 2.45) is 0 Å². The van der Waals surface area contributed by atoms with Gasteiger partial charge in [0.1, 0.15) is 16.5 Å². The van der Waals surface area contributed by atoms with Crippen LogP contribution in [0.15, 0.2) is 54.9 Å². The van der Waals surface area contributed by atoms with E-state index in [1.165, 1.54) is 30.5 Å². The maximum atomic E-state index is 14.5. The molecule has 1 saturated heterocycles. The molecule has 0 bridgehead atoms. The van der Waals surface area contributed by atoms with Crippen molar-refractivity contribution in [1.82, 2.24) is 19.9 Å². The van der Waals surface area contributed by atoms with Crippen LogP contribution in [0.5, 0.6) is 0 Å². The number of anilines is 1. The number of aromatic nitrogens is 3. The number of piperazine rings is 1. The van der Waals surface area contributed by atoms with Gasteiger partial charge in [-0.1, -0.05) is 12.1 Å². The SMILES string of the molecule is CC(=O)c1ccc(N2CCN(C(=O)c3nccnc3-c3nc4ccccc4s3)CC2)c(F)c1. The third-order valence-corrected chi connectivity index (χ3v) is 6.70. The number of Topliss-reactive ketones (excluding diaryl/α,β-unsaturated/α-hetero) is 1. The van der Waals surface area contributed by atoms with Crippen LogP contribution in [0.1, 0.15) is 27.8 Å². The summed E-state index contributed by atoms with van der Waals surface area (Å²) < 4.78 is 15.6. The van der Waals surface area contributed by atoms with Crippen LogP contribution in [-0.4, -0.2) is 57.7 Å². The molecule has 1 aliphatic heterocycles. The van der Waals surface area contributed by atoms with Crippen molar-refractivity contribution in [3.05, 3.63) is 71.9 Å². The van der Waals surface area contributed by atoms with Gasteiger partial charge >= 0.3 is 0 Å². The first kappa shape index (κ1) is 21.1. The van der Waals surface area contributed by atoms with Gasteiger partial charge in [-0.25, -0.2) is 19.3 Å². The number of carbonyl (C=O) groups is 2. The van der Waals surface area contributed by atoms with E-state index >= 15 is 0 Å². The number of rotatable bonds is 4. The van der Waals surface area contributed by atoms with E-state index in [1.54, 1.807) is 23.2 Å². The summed E-state index contributed by atoms with van der Waals surface area (Å²) in [5.41, 5.74) is 2.36. The molecule has 0 saturated carbocycles. The fraction of sp³-hybridized carbons (Fsp3) is 0.208. The Bertz CT molecular complexity index is 1330. The summed E-state index contributed by atoms with van der Waals surface area (Å²) >= 11 is 1.47. The minimum Gasteiger partial charge on any atom is -0.366 e. The number of para-hydroxylation sites is 1. The van der Waals surface area contributed by atoms with E-state index in [4.69, 9.17) is 0 Å². The fourth-order valence-corrected chi connectivity index (χ4v) is 4.87. The van der Waals surface area contributed by atoms with Crippen molar-refractivity contribution < 1.29 is 14.0 Å². The molecule has 2 aromatic carbocycles. The molecule has 0 atom stereocenters. The molecule has 1 amide bonds. The number of hydrogen-bond donors (Lipinski definition) is 0. The van der Waals surface area contributed by atoms with Gasteiger partial charge in [0.2, 0.25) is 0 Å². The monoisotopic (exact) mass is 461 g/mol. The topological polar surface area (TPSA) is 79.3 Å². The lowest BCUT2D eigenvalue weighted by molar-refractivity contribution is 0.0741. The van der Waals surface area contributed by atoms with Crippen LogP contribution in [0, 0.1) is 5.82 Å². The zero-order chi connectivity index (χ0) is 22.9. The molecule has 7 nitrogen and oxygen atoms in total. The first-order valence-corrected chi connectivity index (χ1v) is 11.3. The second kappa shape index (κ2) is 8.67. The molecule has 0 spiro atoms. The summed E-state index contributed by atoms with van der Waals surface area (Å²) in [6, 6.07) is 12.3. The lowest BCUT2D eigenvalue weighted by Gasteiger charge is -2.36. The highest BCUT2D eigenvalue weighted by molar-refractivity contribution is 7.21. The second-order valence-corrected chi connectivity index (χ2v) is 8.77. The van der Waals surface area contributed by atoms with Crippen LogP contribution in [0.3, 0.4) is 0 Å². The molecular formula is C24H20FN5O2S. The zero-order valence-corrected chi connectivity index (χ0v) is 18.7. The molecule has 4 aromatic rings. The summed E-state index contributed by atoms with van der Waals surface area (Å²) in [5.74, 6) is -0.831. The second-order valence-electron chi connectivity index (χ2n) is 7.74. The number of halogens is 1. The largest absolute Gasteiger partial charge is 0.366 e. The number of fused-ring (bicyclic) bond motifs is 1. The number of hydrogen-bond acceptors (Lipinski definition) is 7. The Morgan fingerprint density at radius 1 is 1.00 bits per heavy atom. The van der Waals surface area contributed by atoms with Gasteiger partial charge in [0.05, 0.1) is 15.9 Å². The molecule has 0 unspecified atom stereocenters. The molecule has 3 heterocycles. The standard InChI is InChI=1S/C24H20FN5O2S/c1-15(31)16-6-7-19(17(25)14-16)29-10-12-30(13-11-29)24(32)22-21(26-8-9-27-22)23-28-18-4-2-3-5-20(18)33-23/h2-9,14H,10-13H2,1H3. The van der Waals surface area contributed by atoms with E-state index in [2.05, 4.69) is 15.0 Å². The number of ketones is 1. The Kier molecular flexibility index (Phi) is 5.55. The number of thiazole rings is 1. The van der Waals surface area contributed by atoms with E-state index in [0.717, 1.165) is 10.2 Å². The predicted molar refractivity (Wildman–Crippen MR) is 125 cm³/mol. The molecule has 0 N–H and O–H groups in total. The first-order chi connectivity index (χ1) is 16.0. The van der Waals surface area contributed by atoms with Crippen LogP contribution < -0.4 is 4.90 Å². The van der Waals surface area contributed by atoms with Crippen molar-refractivity contribution in [2.45, 2.75) is 6.92 Å². The number of benzene rings is 2. The lowest BCUT2D eigenvalue weighted by atomic mass is 10.1. The molecule has 5 rings (SSSR count). The third kappa shape index (κ3) is 4.07. The van der Waals surface area contributed by atoms with Crippen molar-refractivity contribution in [2.75, 3.05) is 31.1 Å². The fourth-order valence-electron chi connectivity index (χ4n) is 3.91. The zero-order valence-electron chi connectivity index (χ0n) is 17.9. The van der Waals surface area contributed by atoms with Gasteiger partial charge in [-0.2, -0.15) is 0 Å². The lowest BCUT2D eigenvalue weighted by Crippen LogP contribution is -2.49. The van der Waals surface area contributed by atoms with Crippen molar-refractivity contribution in [1.29, 1.82) is 0 Å². The molecule has 1 fully saturated rings. The molecule has 0 aliphatic carbocycles. The van der Waals surface area contributed by atoms with E-state index in [9.17, 15) is 14.0 Å². The Morgan fingerprint density at radius 2 is 1.76 bits per heavy atom. The highest BCUT2D eigenvalue weighted by Gasteiger charge is 2.27. The molecule has 2 aromatic heterocycles. The maximum Gasteiger partial charge on any atom is 0.274 e. The Hall–Kier alpha value is -3.72. The van der Waals surface area contributed by atoms with Crippen molar-refractivity contribution in [3.63, 3.8) is 0 Å². The Balaban J connectivity index is 1.34. The molecular weight excluding hydrogens is 441 g/mol. The van der Waals surface area contributed by atoms with Gasteiger partial charge < -0.3 is 9.80 Å². The van der Waals surface area contributed by atoms with Gasteiger partial charge in [-0.05, 0) is 37.3 Å². The quantitative estimate of drug-likeness (QED) is 0.427. The van der Waals surface area contributed by atoms with Crippen LogP contribution in [0.2, 0.25) is 0 Å². The summed E-state index contributed by atoms with van der Waals surface area (Å²) in [7, 11) is 0. The molecule has 166 valence electrons. The van der Waals surface area contributed by atoms with Crippen molar-refractivity contribution >= 4 is 38.9 Å². The molecule has 33 heavy (non-hydrogen) atoms. The minimum atomic E-state index is -0.436. The Labute approximate surface area is 193 Å². The Morgan fingerprint density at radius 3 is 2.48 bits per heavy atom. The van der Waals surface area contributed by atoms with Gasteiger partial charge in [-0.3, -0.25) is 9.59 Å². The van der Waals surface area contributed by atoms with E-state index in [0.29, 0.717) is 48.1 Å². The highest BCUT2D eigenvalue weighted by atomic mass is 32.1. The summed E-state index contributed by atoms with van der Waals surface area (Å²) in [4.78, 5) is 41.7. The summed E-state index contributed by atoms with van der Waals surface area (Å²) in [6.45, 7) is 3.19.